The molecule has 0 spiro atoms. The Morgan fingerprint density at radius 2 is 1.78 bits per heavy atom. The quantitative estimate of drug-likeness (QED) is 0.699. The number of aryl methyl sites for hydroxylation is 1. The molecule has 128 valence electrons. The van der Waals surface area contributed by atoms with E-state index >= 15 is 0 Å². The summed E-state index contributed by atoms with van der Waals surface area (Å²) in [6.45, 7) is 4.37. The maximum Gasteiger partial charge on any atom is 0.219 e. The zero-order valence-electron chi connectivity index (χ0n) is 14.1. The van der Waals surface area contributed by atoms with E-state index in [-0.39, 0.29) is 5.12 Å². The van der Waals surface area contributed by atoms with Crippen LogP contribution in [0.25, 0.3) is 0 Å². The van der Waals surface area contributed by atoms with E-state index < -0.39 is 0 Å². The van der Waals surface area contributed by atoms with Crippen molar-refractivity contribution in [1.82, 2.24) is 4.90 Å². The van der Waals surface area contributed by atoms with Crippen molar-refractivity contribution < 1.29 is 4.79 Å². The lowest BCUT2D eigenvalue weighted by atomic mass is 10.1. The molecular formula is C19H30N2OS. The van der Waals surface area contributed by atoms with Crippen LogP contribution in [0.3, 0.4) is 0 Å². The second-order valence-corrected chi connectivity index (χ2v) is 7.40. The topological polar surface area (TPSA) is 46.3 Å². The van der Waals surface area contributed by atoms with Crippen LogP contribution in [0.1, 0.15) is 54.4 Å². The molecule has 2 N–H and O–H groups in total. The van der Waals surface area contributed by atoms with Crippen molar-refractivity contribution in [3.8, 4) is 0 Å². The molecule has 1 fully saturated rings. The number of hydrogen-bond acceptors (Lipinski definition) is 4. The van der Waals surface area contributed by atoms with Crippen LogP contribution in [-0.2, 0) is 6.42 Å². The van der Waals surface area contributed by atoms with E-state index in [4.69, 9.17) is 5.73 Å². The van der Waals surface area contributed by atoms with Gasteiger partial charge in [-0.05, 0) is 70.3 Å². The van der Waals surface area contributed by atoms with Gasteiger partial charge in [0.15, 0.2) is 0 Å². The Labute approximate surface area is 145 Å². The number of carbonyl (C=O) groups excluding carboxylic acids is 1. The van der Waals surface area contributed by atoms with Crippen LogP contribution in [0.15, 0.2) is 24.3 Å². The van der Waals surface area contributed by atoms with Crippen molar-refractivity contribution in [1.29, 1.82) is 0 Å². The molecule has 1 aliphatic heterocycles. The molecule has 3 nitrogen and oxygen atoms in total. The van der Waals surface area contributed by atoms with Gasteiger partial charge in [0, 0.05) is 11.3 Å². The summed E-state index contributed by atoms with van der Waals surface area (Å²) in [5.41, 5.74) is 7.64. The molecule has 0 atom stereocenters. The SMILES string of the molecule is NCCCCc1ccc(C(=O)SCCCN2CCCCC2)cc1. The van der Waals surface area contributed by atoms with Crippen molar-refractivity contribution in [2.75, 3.05) is 31.9 Å². The summed E-state index contributed by atoms with van der Waals surface area (Å²) in [5, 5.41) is 0.206. The predicted molar refractivity (Wildman–Crippen MR) is 100 cm³/mol. The molecule has 4 heteroatoms. The number of nitrogens with two attached hydrogens (primary N) is 1. The Morgan fingerprint density at radius 3 is 2.48 bits per heavy atom. The van der Waals surface area contributed by atoms with Gasteiger partial charge in [0.25, 0.3) is 0 Å². The zero-order valence-corrected chi connectivity index (χ0v) is 15.0. The van der Waals surface area contributed by atoms with Gasteiger partial charge in [-0.25, -0.2) is 0 Å². The summed E-state index contributed by atoms with van der Waals surface area (Å²) in [4.78, 5) is 14.7. The lowest BCUT2D eigenvalue weighted by Crippen LogP contribution is -2.30. The maximum atomic E-state index is 12.2. The van der Waals surface area contributed by atoms with Crippen LogP contribution in [0, 0.1) is 0 Å². The van der Waals surface area contributed by atoms with E-state index in [9.17, 15) is 4.79 Å². The van der Waals surface area contributed by atoms with Gasteiger partial charge in [-0.2, -0.15) is 0 Å². The van der Waals surface area contributed by atoms with Crippen LogP contribution in [-0.4, -0.2) is 41.9 Å². The molecule has 1 saturated heterocycles. The molecule has 23 heavy (non-hydrogen) atoms. The van der Waals surface area contributed by atoms with Crippen molar-refractivity contribution in [2.24, 2.45) is 5.73 Å². The van der Waals surface area contributed by atoms with Crippen LogP contribution in [0.4, 0.5) is 0 Å². The van der Waals surface area contributed by atoms with E-state index in [2.05, 4.69) is 17.0 Å². The fourth-order valence-corrected chi connectivity index (χ4v) is 3.76. The van der Waals surface area contributed by atoms with Crippen molar-refractivity contribution >= 4 is 16.9 Å². The van der Waals surface area contributed by atoms with Gasteiger partial charge in [0.2, 0.25) is 5.12 Å². The monoisotopic (exact) mass is 334 g/mol. The first-order chi connectivity index (χ1) is 11.3. The summed E-state index contributed by atoms with van der Waals surface area (Å²) >= 11 is 1.46. The molecule has 2 rings (SSSR count). The Bertz CT molecular complexity index is 455. The third kappa shape index (κ3) is 7.06. The van der Waals surface area contributed by atoms with Gasteiger partial charge in [-0.3, -0.25) is 4.79 Å². The highest BCUT2D eigenvalue weighted by Gasteiger charge is 2.10. The second kappa shape index (κ2) is 10.8. The highest BCUT2D eigenvalue weighted by Crippen LogP contribution is 2.16. The van der Waals surface area contributed by atoms with Crippen LogP contribution >= 0.6 is 11.8 Å². The molecule has 1 aromatic carbocycles. The highest BCUT2D eigenvalue weighted by atomic mass is 32.2. The Morgan fingerprint density at radius 1 is 1.04 bits per heavy atom. The highest BCUT2D eigenvalue weighted by molar-refractivity contribution is 8.14. The standard InChI is InChI=1S/C19H30N2OS/c20-12-3-2-7-17-8-10-18(11-9-17)19(22)23-16-6-15-21-13-4-1-5-14-21/h8-11H,1-7,12-16,20H2. The average molecular weight is 335 g/mol. The zero-order chi connectivity index (χ0) is 16.3. The molecular weight excluding hydrogens is 304 g/mol. The van der Waals surface area contributed by atoms with Gasteiger partial charge in [0.1, 0.15) is 0 Å². The largest absolute Gasteiger partial charge is 0.330 e. The maximum absolute atomic E-state index is 12.2. The number of rotatable bonds is 9. The van der Waals surface area contributed by atoms with Gasteiger partial charge in [0.05, 0.1) is 0 Å². The van der Waals surface area contributed by atoms with E-state index in [0.717, 1.165) is 50.1 Å². The number of piperidine rings is 1. The number of unbranched alkanes of at least 4 members (excludes halogenated alkanes) is 1. The molecule has 0 unspecified atom stereocenters. The van der Waals surface area contributed by atoms with Gasteiger partial charge >= 0.3 is 0 Å². The molecule has 0 saturated carbocycles. The Kier molecular flexibility index (Phi) is 8.72. The van der Waals surface area contributed by atoms with Crippen LogP contribution < -0.4 is 5.73 Å². The summed E-state index contributed by atoms with van der Waals surface area (Å²) < 4.78 is 0. The predicted octanol–water partition coefficient (Wildman–Crippen LogP) is 3.72. The lowest BCUT2D eigenvalue weighted by Gasteiger charge is -2.26. The summed E-state index contributed by atoms with van der Waals surface area (Å²) in [6.07, 6.45) is 8.39. The van der Waals surface area contributed by atoms with E-state index in [1.807, 2.05) is 12.1 Å². The molecule has 0 radical (unpaired) electrons. The molecule has 0 bridgehead atoms. The molecule has 0 aromatic heterocycles. The molecule has 1 aromatic rings. The third-order valence-electron chi connectivity index (χ3n) is 4.41. The first kappa shape index (κ1) is 18.5. The van der Waals surface area contributed by atoms with Gasteiger partial charge < -0.3 is 10.6 Å². The number of hydrogen-bond donors (Lipinski definition) is 1. The van der Waals surface area contributed by atoms with Gasteiger partial charge in [-0.15, -0.1) is 0 Å². The molecule has 1 heterocycles. The number of thioether (sulfide) groups is 1. The fourth-order valence-electron chi connectivity index (χ4n) is 3.00. The van der Waals surface area contributed by atoms with Crippen molar-refractivity contribution in [3.63, 3.8) is 0 Å². The van der Waals surface area contributed by atoms with Crippen molar-refractivity contribution in [2.45, 2.75) is 44.9 Å². The number of carbonyl (C=O) groups is 1. The number of likely N-dealkylation sites (tertiary alicyclic amines) is 1. The Balaban J connectivity index is 1.64. The van der Waals surface area contributed by atoms with Crippen molar-refractivity contribution in [3.05, 3.63) is 35.4 Å². The molecule has 0 aliphatic carbocycles. The normalized spacial score (nSPS) is 15.7. The third-order valence-corrected chi connectivity index (χ3v) is 5.40. The fraction of sp³-hybridized carbons (Fsp3) is 0.632. The minimum absolute atomic E-state index is 0.206. The van der Waals surface area contributed by atoms with Crippen LogP contribution in [0.5, 0.6) is 0 Å². The summed E-state index contributed by atoms with van der Waals surface area (Å²) in [5.74, 6) is 0.924. The second-order valence-electron chi connectivity index (χ2n) is 6.33. The first-order valence-electron chi connectivity index (χ1n) is 8.98. The summed E-state index contributed by atoms with van der Waals surface area (Å²) in [7, 11) is 0. The summed E-state index contributed by atoms with van der Waals surface area (Å²) in [6, 6.07) is 8.10. The minimum Gasteiger partial charge on any atom is -0.330 e. The average Bonchev–Trinajstić information content (AvgIpc) is 2.60. The smallest absolute Gasteiger partial charge is 0.219 e. The molecule has 1 aliphatic rings. The first-order valence-corrected chi connectivity index (χ1v) is 9.96. The lowest BCUT2D eigenvalue weighted by molar-refractivity contribution is 0.108. The van der Waals surface area contributed by atoms with E-state index in [1.165, 1.54) is 49.7 Å². The number of nitrogens with zero attached hydrogens (tertiary/aromatic N) is 1. The van der Waals surface area contributed by atoms with E-state index in [1.54, 1.807) is 0 Å². The Hall–Kier alpha value is -0.840. The number of benzene rings is 1. The van der Waals surface area contributed by atoms with Gasteiger partial charge in [-0.1, -0.05) is 42.4 Å². The van der Waals surface area contributed by atoms with Crippen LogP contribution in [0.2, 0.25) is 0 Å². The minimum atomic E-state index is 0.206. The van der Waals surface area contributed by atoms with E-state index in [0.29, 0.717) is 0 Å². The molecule has 0 amide bonds.